The highest BCUT2D eigenvalue weighted by atomic mass is 16.3. The van der Waals surface area contributed by atoms with E-state index in [4.69, 9.17) is 0 Å². The molecular weight excluding hydrogens is 236 g/mol. The van der Waals surface area contributed by atoms with Gasteiger partial charge in [-0.2, -0.15) is 0 Å². The highest BCUT2D eigenvalue weighted by Crippen LogP contribution is 2.37. The summed E-state index contributed by atoms with van der Waals surface area (Å²) in [5.41, 5.74) is -0.00433. The normalized spacial score (nSPS) is 26.9. The van der Waals surface area contributed by atoms with Crippen LogP contribution in [0.15, 0.2) is 43.0 Å². The molecule has 0 spiro atoms. The molecule has 2 nitrogen and oxygen atoms in total. The molecule has 102 valence electrons. The van der Waals surface area contributed by atoms with Crippen molar-refractivity contribution < 1.29 is 9.90 Å². The van der Waals surface area contributed by atoms with E-state index in [1.807, 2.05) is 30.3 Å². The number of carbonyl (C=O) groups excluding carboxylic acids is 1. The molecule has 0 amide bonds. The van der Waals surface area contributed by atoms with Crippen molar-refractivity contribution in [2.45, 2.75) is 44.1 Å². The second-order valence-corrected chi connectivity index (χ2v) is 5.47. The Morgan fingerprint density at radius 3 is 2.79 bits per heavy atom. The molecule has 0 aliphatic heterocycles. The van der Waals surface area contributed by atoms with E-state index in [2.05, 4.69) is 6.58 Å². The number of hydrogen-bond acceptors (Lipinski definition) is 2. The zero-order valence-electron chi connectivity index (χ0n) is 11.3. The molecule has 0 unspecified atom stereocenters. The van der Waals surface area contributed by atoms with Crippen LogP contribution in [0, 0.1) is 5.92 Å². The molecule has 0 bridgehead atoms. The summed E-state index contributed by atoms with van der Waals surface area (Å²) in [6, 6.07) is 9.38. The summed E-state index contributed by atoms with van der Waals surface area (Å²) in [5, 5.41) is 10.5. The Morgan fingerprint density at radius 1 is 1.37 bits per heavy atom. The zero-order valence-corrected chi connectivity index (χ0v) is 11.3. The molecule has 2 rings (SSSR count). The van der Waals surface area contributed by atoms with Gasteiger partial charge in [-0.05, 0) is 25.2 Å². The molecule has 19 heavy (non-hydrogen) atoms. The average molecular weight is 258 g/mol. The molecule has 2 heteroatoms. The van der Waals surface area contributed by atoms with E-state index in [9.17, 15) is 9.90 Å². The van der Waals surface area contributed by atoms with Crippen LogP contribution in [0.2, 0.25) is 0 Å². The lowest BCUT2D eigenvalue weighted by Gasteiger charge is -2.37. The van der Waals surface area contributed by atoms with Crippen molar-refractivity contribution in [1.29, 1.82) is 0 Å². The van der Waals surface area contributed by atoms with Gasteiger partial charge in [0.1, 0.15) is 0 Å². The average Bonchev–Trinajstić information content (AvgIpc) is 2.47. The third-order valence-electron chi connectivity index (χ3n) is 4.26. The smallest absolute Gasteiger partial charge is 0.162 e. The maximum Gasteiger partial charge on any atom is 0.162 e. The SMILES string of the molecule is C=C[C@@]1(O)CCCC[C@@H]1CCC(=O)c1ccccc1. The lowest BCUT2D eigenvalue weighted by Crippen LogP contribution is -2.38. The third kappa shape index (κ3) is 3.32. The van der Waals surface area contributed by atoms with Crippen molar-refractivity contribution in [3.63, 3.8) is 0 Å². The van der Waals surface area contributed by atoms with Crippen molar-refractivity contribution in [3.05, 3.63) is 48.6 Å². The Morgan fingerprint density at radius 2 is 2.11 bits per heavy atom. The number of Topliss-reactive ketones (excluding diaryl/α,β-unsaturated/α-hetero) is 1. The molecule has 1 aromatic rings. The van der Waals surface area contributed by atoms with Gasteiger partial charge in [-0.15, -0.1) is 6.58 Å². The van der Waals surface area contributed by atoms with E-state index < -0.39 is 5.60 Å². The first kappa shape index (κ1) is 14.0. The topological polar surface area (TPSA) is 37.3 Å². The first-order valence-corrected chi connectivity index (χ1v) is 7.10. The highest BCUT2D eigenvalue weighted by Gasteiger charge is 2.35. The van der Waals surface area contributed by atoms with Crippen LogP contribution in [0.1, 0.15) is 48.9 Å². The van der Waals surface area contributed by atoms with Crippen molar-refractivity contribution >= 4 is 5.78 Å². The van der Waals surface area contributed by atoms with Crippen LogP contribution in [-0.4, -0.2) is 16.5 Å². The Hall–Kier alpha value is -1.41. The molecule has 1 saturated carbocycles. The van der Waals surface area contributed by atoms with Gasteiger partial charge in [0, 0.05) is 12.0 Å². The third-order valence-corrected chi connectivity index (χ3v) is 4.26. The first-order valence-electron chi connectivity index (χ1n) is 7.10. The van der Waals surface area contributed by atoms with Crippen molar-refractivity contribution in [2.75, 3.05) is 0 Å². The van der Waals surface area contributed by atoms with Gasteiger partial charge in [0.25, 0.3) is 0 Å². The Labute approximate surface area is 115 Å². The predicted molar refractivity (Wildman–Crippen MR) is 77.1 cm³/mol. The summed E-state index contributed by atoms with van der Waals surface area (Å²) in [6.07, 6.45) is 6.88. The Bertz CT molecular complexity index is 438. The second kappa shape index (κ2) is 6.16. The molecule has 1 aromatic carbocycles. The van der Waals surface area contributed by atoms with Crippen LogP contribution < -0.4 is 0 Å². The number of aliphatic hydroxyl groups is 1. The first-order chi connectivity index (χ1) is 9.15. The van der Waals surface area contributed by atoms with Gasteiger partial charge in [-0.1, -0.05) is 49.2 Å². The van der Waals surface area contributed by atoms with E-state index in [1.165, 1.54) is 0 Å². The minimum absolute atomic E-state index is 0.164. The highest BCUT2D eigenvalue weighted by molar-refractivity contribution is 5.95. The minimum Gasteiger partial charge on any atom is -0.386 e. The van der Waals surface area contributed by atoms with E-state index in [-0.39, 0.29) is 11.7 Å². The van der Waals surface area contributed by atoms with Gasteiger partial charge in [0.2, 0.25) is 0 Å². The molecule has 1 aliphatic rings. The monoisotopic (exact) mass is 258 g/mol. The number of carbonyl (C=O) groups is 1. The van der Waals surface area contributed by atoms with Gasteiger partial charge in [-0.3, -0.25) is 4.79 Å². The van der Waals surface area contributed by atoms with Gasteiger partial charge < -0.3 is 5.11 Å². The lowest BCUT2D eigenvalue weighted by atomic mass is 9.73. The molecule has 0 heterocycles. The zero-order chi connectivity index (χ0) is 13.7. The summed E-state index contributed by atoms with van der Waals surface area (Å²) < 4.78 is 0. The molecular formula is C17H22O2. The lowest BCUT2D eigenvalue weighted by molar-refractivity contribution is -0.00815. The quantitative estimate of drug-likeness (QED) is 0.645. The van der Waals surface area contributed by atoms with Crippen molar-refractivity contribution in [2.24, 2.45) is 5.92 Å². The van der Waals surface area contributed by atoms with Gasteiger partial charge in [0.05, 0.1) is 5.60 Å². The van der Waals surface area contributed by atoms with Crippen molar-refractivity contribution in [3.8, 4) is 0 Å². The number of benzene rings is 1. The fourth-order valence-corrected chi connectivity index (χ4v) is 2.99. The summed E-state index contributed by atoms with van der Waals surface area (Å²) in [6.45, 7) is 3.76. The van der Waals surface area contributed by atoms with E-state index >= 15 is 0 Å². The van der Waals surface area contributed by atoms with Crippen LogP contribution in [0.25, 0.3) is 0 Å². The van der Waals surface area contributed by atoms with Crippen LogP contribution in [0.3, 0.4) is 0 Å². The molecule has 0 saturated heterocycles. The standard InChI is InChI=1S/C17H22O2/c1-2-17(19)13-7-6-10-15(17)11-12-16(18)14-8-4-3-5-9-14/h2-5,8-9,15,19H,1,6-7,10-13H2/t15-,17-/m1/s1. The fourth-order valence-electron chi connectivity index (χ4n) is 2.99. The molecule has 0 aromatic heterocycles. The van der Waals surface area contributed by atoms with E-state index in [1.54, 1.807) is 6.08 Å². The van der Waals surface area contributed by atoms with Crippen LogP contribution >= 0.6 is 0 Å². The largest absolute Gasteiger partial charge is 0.386 e. The number of hydrogen-bond donors (Lipinski definition) is 1. The summed E-state index contributed by atoms with van der Waals surface area (Å²) in [7, 11) is 0. The predicted octanol–water partition coefficient (Wildman–Crippen LogP) is 3.76. The van der Waals surface area contributed by atoms with Gasteiger partial charge in [0.15, 0.2) is 5.78 Å². The molecule has 1 N–H and O–H groups in total. The minimum atomic E-state index is -0.769. The molecule has 2 atom stereocenters. The fraction of sp³-hybridized carbons (Fsp3) is 0.471. The second-order valence-electron chi connectivity index (χ2n) is 5.47. The van der Waals surface area contributed by atoms with Gasteiger partial charge in [-0.25, -0.2) is 0 Å². The number of ketones is 1. The maximum absolute atomic E-state index is 12.1. The summed E-state index contributed by atoms with van der Waals surface area (Å²) in [4.78, 5) is 12.1. The van der Waals surface area contributed by atoms with Crippen LogP contribution in [-0.2, 0) is 0 Å². The Kier molecular flexibility index (Phi) is 4.54. The molecule has 1 aliphatic carbocycles. The molecule has 0 radical (unpaired) electrons. The summed E-state index contributed by atoms with van der Waals surface area (Å²) in [5.74, 6) is 0.337. The maximum atomic E-state index is 12.1. The molecule has 1 fully saturated rings. The Balaban J connectivity index is 1.94. The van der Waals surface area contributed by atoms with Crippen LogP contribution in [0.5, 0.6) is 0 Å². The van der Waals surface area contributed by atoms with Crippen LogP contribution in [0.4, 0.5) is 0 Å². The van der Waals surface area contributed by atoms with Crippen molar-refractivity contribution in [1.82, 2.24) is 0 Å². The van der Waals surface area contributed by atoms with E-state index in [0.717, 1.165) is 37.7 Å². The summed E-state index contributed by atoms with van der Waals surface area (Å²) >= 11 is 0. The van der Waals surface area contributed by atoms with Gasteiger partial charge >= 0.3 is 0 Å². The van der Waals surface area contributed by atoms with E-state index in [0.29, 0.717) is 6.42 Å². The number of rotatable bonds is 5.